The van der Waals surface area contributed by atoms with Crippen LogP contribution in [0.3, 0.4) is 0 Å². The fourth-order valence-electron chi connectivity index (χ4n) is 3.38. The van der Waals surface area contributed by atoms with Crippen LogP contribution in [0.2, 0.25) is 5.02 Å². The van der Waals surface area contributed by atoms with Gasteiger partial charge >= 0.3 is 0 Å². The summed E-state index contributed by atoms with van der Waals surface area (Å²) in [5.41, 5.74) is 1.02. The van der Waals surface area contributed by atoms with E-state index < -0.39 is 26.6 Å². The van der Waals surface area contributed by atoms with Crippen LogP contribution < -0.4 is 14.4 Å². The van der Waals surface area contributed by atoms with Crippen molar-refractivity contribution in [2.75, 3.05) is 42.8 Å². The standard InChI is InChI=1S/C22H21ClF2N4O3S/c1-28-7-9-29(10-8-28)17-3-2-4-18(13-17)32-22-19(23)12-16(14-26-22)27-33(30,31)21-6-5-15(24)11-20(21)25/h2-6,11-14,27H,7-10H2,1H3. The summed E-state index contributed by atoms with van der Waals surface area (Å²) in [6.45, 7) is 3.75. The highest BCUT2D eigenvalue weighted by molar-refractivity contribution is 7.92. The summed E-state index contributed by atoms with van der Waals surface area (Å²) < 4.78 is 59.9. The van der Waals surface area contributed by atoms with Gasteiger partial charge in [0.2, 0.25) is 5.88 Å². The highest BCUT2D eigenvalue weighted by Gasteiger charge is 2.21. The molecule has 1 aliphatic rings. The molecule has 0 unspecified atom stereocenters. The number of sulfonamides is 1. The van der Waals surface area contributed by atoms with Gasteiger partial charge in [0, 0.05) is 44.0 Å². The van der Waals surface area contributed by atoms with Gasteiger partial charge in [-0.1, -0.05) is 17.7 Å². The number of hydrogen-bond donors (Lipinski definition) is 1. The molecule has 1 fully saturated rings. The first-order chi connectivity index (χ1) is 15.7. The SMILES string of the molecule is CN1CCN(c2cccc(Oc3ncc(NS(=O)(=O)c4ccc(F)cc4F)cc3Cl)c2)CC1. The molecule has 0 radical (unpaired) electrons. The maximum Gasteiger partial charge on any atom is 0.264 e. The minimum absolute atomic E-state index is 0.00209. The Morgan fingerprint density at radius 2 is 1.82 bits per heavy atom. The lowest BCUT2D eigenvalue weighted by Gasteiger charge is -2.34. The first-order valence-electron chi connectivity index (χ1n) is 10.1. The number of ether oxygens (including phenoxy) is 1. The normalized spacial score (nSPS) is 14.8. The number of anilines is 2. The lowest BCUT2D eigenvalue weighted by atomic mass is 10.2. The molecular formula is C22H21ClF2N4O3S. The maximum atomic E-state index is 13.9. The summed E-state index contributed by atoms with van der Waals surface area (Å²) in [5.74, 6) is -1.47. The molecule has 2 heterocycles. The van der Waals surface area contributed by atoms with Crippen molar-refractivity contribution < 1.29 is 21.9 Å². The molecule has 1 saturated heterocycles. The number of likely N-dealkylation sites (N-methyl/N-ethyl adjacent to an activating group) is 1. The third kappa shape index (κ3) is 5.52. The average Bonchev–Trinajstić information content (AvgIpc) is 2.76. The molecule has 174 valence electrons. The van der Waals surface area contributed by atoms with Crippen LogP contribution in [0, 0.1) is 11.6 Å². The van der Waals surface area contributed by atoms with E-state index >= 15 is 0 Å². The number of rotatable bonds is 6. The lowest BCUT2D eigenvalue weighted by molar-refractivity contribution is 0.312. The van der Waals surface area contributed by atoms with E-state index in [-0.39, 0.29) is 16.6 Å². The summed E-state index contributed by atoms with van der Waals surface area (Å²) in [6.07, 6.45) is 1.20. The van der Waals surface area contributed by atoms with Crippen LogP contribution in [-0.4, -0.2) is 51.5 Å². The topological polar surface area (TPSA) is 74.8 Å². The molecule has 0 spiro atoms. The Labute approximate surface area is 195 Å². The van der Waals surface area contributed by atoms with E-state index in [1.165, 1.54) is 12.3 Å². The van der Waals surface area contributed by atoms with E-state index in [1.807, 2.05) is 18.2 Å². The van der Waals surface area contributed by atoms with Gasteiger partial charge in [0.25, 0.3) is 10.0 Å². The second-order valence-electron chi connectivity index (χ2n) is 7.58. The third-order valence-electron chi connectivity index (χ3n) is 5.14. The van der Waals surface area contributed by atoms with E-state index in [2.05, 4.69) is 26.6 Å². The molecule has 3 aromatic rings. The van der Waals surface area contributed by atoms with Crippen LogP contribution in [0.4, 0.5) is 20.2 Å². The number of benzene rings is 2. The van der Waals surface area contributed by atoms with Crippen LogP contribution in [0.25, 0.3) is 0 Å². The molecule has 11 heteroatoms. The summed E-state index contributed by atoms with van der Waals surface area (Å²) in [6, 6.07) is 11.0. The minimum Gasteiger partial charge on any atom is -0.437 e. The van der Waals surface area contributed by atoms with E-state index in [4.69, 9.17) is 16.3 Å². The smallest absolute Gasteiger partial charge is 0.264 e. The van der Waals surface area contributed by atoms with E-state index in [0.717, 1.165) is 44.0 Å². The molecule has 0 bridgehead atoms. The van der Waals surface area contributed by atoms with Crippen molar-refractivity contribution >= 4 is 33.0 Å². The number of pyridine rings is 1. The lowest BCUT2D eigenvalue weighted by Crippen LogP contribution is -2.44. The fourth-order valence-corrected chi connectivity index (χ4v) is 4.68. The van der Waals surface area contributed by atoms with Crippen LogP contribution in [0.15, 0.2) is 59.6 Å². The van der Waals surface area contributed by atoms with Gasteiger partial charge in [-0.15, -0.1) is 0 Å². The Bertz CT molecular complexity index is 1270. The van der Waals surface area contributed by atoms with Gasteiger partial charge in [-0.2, -0.15) is 0 Å². The van der Waals surface area contributed by atoms with Crippen molar-refractivity contribution in [1.82, 2.24) is 9.88 Å². The number of nitrogens with zero attached hydrogens (tertiary/aromatic N) is 3. The van der Waals surface area contributed by atoms with E-state index in [9.17, 15) is 17.2 Å². The Balaban J connectivity index is 1.49. The zero-order chi connectivity index (χ0) is 23.6. The molecule has 7 nitrogen and oxygen atoms in total. The molecule has 0 amide bonds. The maximum absolute atomic E-state index is 13.9. The Morgan fingerprint density at radius 3 is 2.52 bits per heavy atom. The zero-order valence-corrected chi connectivity index (χ0v) is 19.2. The molecule has 33 heavy (non-hydrogen) atoms. The first-order valence-corrected chi connectivity index (χ1v) is 11.9. The second-order valence-corrected chi connectivity index (χ2v) is 9.64. The molecule has 2 aromatic carbocycles. The minimum atomic E-state index is -4.31. The van der Waals surface area contributed by atoms with Gasteiger partial charge in [0.1, 0.15) is 27.3 Å². The van der Waals surface area contributed by atoms with Crippen LogP contribution in [0.5, 0.6) is 11.6 Å². The number of halogens is 3. The highest BCUT2D eigenvalue weighted by atomic mass is 35.5. The Kier molecular flexibility index (Phi) is 6.68. The first kappa shape index (κ1) is 23.2. The van der Waals surface area contributed by atoms with Crippen molar-refractivity contribution in [3.05, 3.63) is 71.4 Å². The summed E-state index contributed by atoms with van der Waals surface area (Å²) in [4.78, 5) is 7.91. The van der Waals surface area contributed by atoms with Gasteiger partial charge in [-0.05, 0) is 37.4 Å². The largest absolute Gasteiger partial charge is 0.437 e. The molecular weight excluding hydrogens is 474 g/mol. The number of aromatic nitrogens is 1. The van der Waals surface area contributed by atoms with Gasteiger partial charge in [0.05, 0.1) is 11.9 Å². The van der Waals surface area contributed by atoms with Crippen molar-refractivity contribution in [1.29, 1.82) is 0 Å². The predicted octanol–water partition coefficient (Wildman–Crippen LogP) is 4.36. The summed E-state index contributed by atoms with van der Waals surface area (Å²) >= 11 is 6.25. The molecule has 4 rings (SSSR count). The van der Waals surface area contributed by atoms with Gasteiger partial charge in [0.15, 0.2) is 0 Å². The molecule has 0 saturated carbocycles. The summed E-state index contributed by atoms with van der Waals surface area (Å²) in [5, 5.41) is 0.0554. The van der Waals surface area contributed by atoms with Gasteiger partial charge in [-0.3, -0.25) is 4.72 Å². The average molecular weight is 495 g/mol. The Morgan fingerprint density at radius 1 is 1.06 bits per heavy atom. The van der Waals surface area contributed by atoms with Crippen molar-refractivity contribution in [3.8, 4) is 11.6 Å². The molecule has 1 aliphatic heterocycles. The van der Waals surface area contributed by atoms with Gasteiger partial charge < -0.3 is 14.5 Å². The number of piperazine rings is 1. The van der Waals surface area contributed by atoms with Crippen molar-refractivity contribution in [3.63, 3.8) is 0 Å². The van der Waals surface area contributed by atoms with Crippen molar-refractivity contribution in [2.24, 2.45) is 0 Å². The Hall–Kier alpha value is -2.95. The monoisotopic (exact) mass is 494 g/mol. The molecule has 1 N–H and O–H groups in total. The van der Waals surface area contributed by atoms with Crippen LogP contribution in [0.1, 0.15) is 0 Å². The zero-order valence-electron chi connectivity index (χ0n) is 17.6. The second kappa shape index (κ2) is 9.50. The third-order valence-corrected chi connectivity index (χ3v) is 6.83. The van der Waals surface area contributed by atoms with E-state index in [1.54, 1.807) is 6.07 Å². The fraction of sp³-hybridized carbons (Fsp3) is 0.227. The number of nitrogens with one attached hydrogen (secondary N) is 1. The van der Waals surface area contributed by atoms with Crippen molar-refractivity contribution in [2.45, 2.75) is 4.90 Å². The van der Waals surface area contributed by atoms with Crippen LogP contribution in [-0.2, 0) is 10.0 Å². The quantitative estimate of drug-likeness (QED) is 0.549. The summed E-state index contributed by atoms with van der Waals surface area (Å²) in [7, 11) is -2.22. The molecule has 0 atom stereocenters. The van der Waals surface area contributed by atoms with E-state index in [0.29, 0.717) is 11.8 Å². The highest BCUT2D eigenvalue weighted by Crippen LogP contribution is 2.32. The number of hydrogen-bond acceptors (Lipinski definition) is 6. The molecule has 1 aromatic heterocycles. The van der Waals surface area contributed by atoms with Gasteiger partial charge in [-0.25, -0.2) is 22.2 Å². The van der Waals surface area contributed by atoms with Crippen LogP contribution >= 0.6 is 11.6 Å². The molecule has 0 aliphatic carbocycles. The predicted molar refractivity (Wildman–Crippen MR) is 123 cm³/mol.